The van der Waals surface area contributed by atoms with Gasteiger partial charge in [0.1, 0.15) is 10.7 Å². The van der Waals surface area contributed by atoms with Crippen LogP contribution in [0.15, 0.2) is 64.4 Å². The molecule has 0 saturated heterocycles. The number of aromatic nitrogens is 2. The average molecular weight is 345 g/mol. The van der Waals surface area contributed by atoms with Gasteiger partial charge in [0, 0.05) is 6.20 Å². The predicted octanol–water partition coefficient (Wildman–Crippen LogP) is 1.95. The topological polar surface area (TPSA) is 94.2 Å². The average Bonchev–Trinajstić information content (AvgIpc) is 3.17. The zero-order valence-corrected chi connectivity index (χ0v) is 13.7. The summed E-state index contributed by atoms with van der Waals surface area (Å²) in [6.07, 6.45) is 3.92. The molecule has 3 aromatic rings. The summed E-state index contributed by atoms with van der Waals surface area (Å²) in [5.41, 5.74) is 1.16. The molecule has 0 aliphatic rings. The molecule has 7 nitrogen and oxygen atoms in total. The summed E-state index contributed by atoms with van der Waals surface area (Å²) in [4.78, 5) is 12.0. The van der Waals surface area contributed by atoms with Crippen molar-refractivity contribution in [1.29, 1.82) is 0 Å². The van der Waals surface area contributed by atoms with Crippen molar-refractivity contribution in [2.45, 2.75) is 18.4 Å². The van der Waals surface area contributed by atoms with Crippen molar-refractivity contribution in [2.24, 2.45) is 0 Å². The molecule has 2 aromatic heterocycles. The lowest BCUT2D eigenvalue weighted by atomic mass is 10.2. The highest BCUT2D eigenvalue weighted by Gasteiger charge is 2.22. The zero-order valence-electron chi connectivity index (χ0n) is 12.8. The first-order valence-electron chi connectivity index (χ1n) is 7.13. The second-order valence-electron chi connectivity index (χ2n) is 5.18. The lowest BCUT2D eigenvalue weighted by Crippen LogP contribution is -2.30. The first kappa shape index (κ1) is 16.0. The Morgan fingerprint density at radius 3 is 2.67 bits per heavy atom. The molecule has 8 heteroatoms. The number of furan rings is 1. The number of rotatable bonds is 5. The number of nitrogens with one attached hydrogen (secondary N) is 1. The quantitative estimate of drug-likeness (QED) is 0.763. The second-order valence-corrected chi connectivity index (χ2v) is 6.87. The fourth-order valence-corrected chi connectivity index (χ4v) is 3.12. The van der Waals surface area contributed by atoms with Gasteiger partial charge in [0.25, 0.3) is 15.9 Å². The largest absolute Gasteiger partial charge is 0.469 e. The van der Waals surface area contributed by atoms with Crippen LogP contribution < -0.4 is 4.72 Å². The minimum atomic E-state index is -4.00. The minimum absolute atomic E-state index is 0.0760. The molecule has 0 atom stereocenters. The van der Waals surface area contributed by atoms with Gasteiger partial charge in [-0.1, -0.05) is 30.3 Å². The Balaban J connectivity index is 1.76. The smallest absolute Gasteiger partial charge is 0.268 e. The van der Waals surface area contributed by atoms with Gasteiger partial charge in [-0.05, 0) is 18.6 Å². The second kappa shape index (κ2) is 6.32. The summed E-state index contributed by atoms with van der Waals surface area (Å²) in [7, 11) is -4.00. The molecule has 0 spiro atoms. The van der Waals surface area contributed by atoms with Gasteiger partial charge in [0.15, 0.2) is 0 Å². The molecule has 0 aliphatic heterocycles. The van der Waals surface area contributed by atoms with Crippen molar-refractivity contribution < 1.29 is 17.6 Å². The summed E-state index contributed by atoms with van der Waals surface area (Å²) >= 11 is 0. The Bertz CT molecular complexity index is 958. The number of benzene rings is 1. The third-order valence-corrected chi connectivity index (χ3v) is 4.72. The molecule has 3 rings (SSSR count). The van der Waals surface area contributed by atoms with Crippen LogP contribution >= 0.6 is 0 Å². The van der Waals surface area contributed by atoms with Crippen LogP contribution in [0.5, 0.6) is 0 Å². The van der Waals surface area contributed by atoms with Gasteiger partial charge in [-0.2, -0.15) is 5.10 Å². The minimum Gasteiger partial charge on any atom is -0.469 e. The number of sulfonamides is 1. The molecule has 1 aromatic carbocycles. The Labute approximate surface area is 139 Å². The van der Waals surface area contributed by atoms with Crippen LogP contribution in [0.3, 0.4) is 0 Å². The van der Waals surface area contributed by atoms with Gasteiger partial charge in [-0.3, -0.25) is 9.48 Å². The molecule has 0 fully saturated rings. The number of nitrogens with zero attached hydrogens (tertiary/aromatic N) is 2. The normalized spacial score (nSPS) is 11.4. The van der Waals surface area contributed by atoms with E-state index in [1.54, 1.807) is 6.92 Å². The van der Waals surface area contributed by atoms with E-state index in [0.29, 0.717) is 12.3 Å². The molecular weight excluding hydrogens is 330 g/mol. The highest BCUT2D eigenvalue weighted by Crippen LogP contribution is 2.12. The lowest BCUT2D eigenvalue weighted by Gasteiger charge is -2.04. The standard InChI is InChI=1S/C16H15N3O4S/c1-12-15(7-8-23-12)16(20)18-24(21,22)14-9-17-19(11-14)10-13-5-3-2-4-6-13/h2-9,11H,10H2,1H3,(H,18,20). The number of hydrogen-bond donors (Lipinski definition) is 1. The van der Waals surface area contributed by atoms with Crippen LogP contribution in [0, 0.1) is 6.92 Å². The van der Waals surface area contributed by atoms with E-state index < -0.39 is 15.9 Å². The molecule has 1 amide bonds. The van der Waals surface area contributed by atoms with Crippen molar-refractivity contribution in [3.05, 3.63) is 71.9 Å². The molecule has 124 valence electrons. The van der Waals surface area contributed by atoms with Gasteiger partial charge in [0.05, 0.1) is 24.6 Å². The Kier molecular flexibility index (Phi) is 4.22. The van der Waals surface area contributed by atoms with Gasteiger partial charge in [-0.25, -0.2) is 13.1 Å². The van der Waals surface area contributed by atoms with E-state index in [1.807, 2.05) is 35.1 Å². The molecule has 2 heterocycles. The van der Waals surface area contributed by atoms with E-state index in [2.05, 4.69) is 5.10 Å². The predicted molar refractivity (Wildman–Crippen MR) is 85.9 cm³/mol. The number of carbonyl (C=O) groups is 1. The molecule has 0 saturated carbocycles. The Morgan fingerprint density at radius 2 is 2.00 bits per heavy atom. The maximum atomic E-state index is 12.3. The molecule has 0 aliphatic carbocycles. The first-order chi connectivity index (χ1) is 11.5. The van der Waals surface area contributed by atoms with E-state index in [-0.39, 0.29) is 10.5 Å². The summed E-state index contributed by atoms with van der Waals surface area (Å²) in [6, 6.07) is 10.9. The van der Waals surface area contributed by atoms with Crippen LogP contribution in [0.4, 0.5) is 0 Å². The van der Waals surface area contributed by atoms with E-state index in [1.165, 1.54) is 29.4 Å². The van der Waals surface area contributed by atoms with Crippen molar-refractivity contribution in [2.75, 3.05) is 0 Å². The third kappa shape index (κ3) is 3.38. The molecule has 0 radical (unpaired) electrons. The van der Waals surface area contributed by atoms with Gasteiger partial charge in [0.2, 0.25) is 0 Å². The van der Waals surface area contributed by atoms with Crippen LogP contribution in [-0.2, 0) is 16.6 Å². The highest BCUT2D eigenvalue weighted by atomic mass is 32.2. The molecule has 1 N–H and O–H groups in total. The fraction of sp³-hybridized carbons (Fsp3) is 0.125. The first-order valence-corrected chi connectivity index (χ1v) is 8.61. The number of hydrogen-bond acceptors (Lipinski definition) is 5. The van der Waals surface area contributed by atoms with Crippen molar-refractivity contribution in [3.63, 3.8) is 0 Å². The van der Waals surface area contributed by atoms with E-state index in [4.69, 9.17) is 4.42 Å². The van der Waals surface area contributed by atoms with Crippen LogP contribution in [0.25, 0.3) is 0 Å². The van der Waals surface area contributed by atoms with Crippen molar-refractivity contribution in [1.82, 2.24) is 14.5 Å². The maximum Gasteiger partial charge on any atom is 0.268 e. The Morgan fingerprint density at radius 1 is 1.25 bits per heavy atom. The molecular formula is C16H15N3O4S. The number of carbonyl (C=O) groups excluding carboxylic acids is 1. The summed E-state index contributed by atoms with van der Waals surface area (Å²) in [6.45, 7) is 2.02. The van der Waals surface area contributed by atoms with Gasteiger partial charge < -0.3 is 4.42 Å². The van der Waals surface area contributed by atoms with Gasteiger partial charge >= 0.3 is 0 Å². The zero-order chi connectivity index (χ0) is 17.2. The maximum absolute atomic E-state index is 12.3. The number of amides is 1. The van der Waals surface area contributed by atoms with Gasteiger partial charge in [-0.15, -0.1) is 0 Å². The summed E-state index contributed by atoms with van der Waals surface area (Å²) in [5.74, 6) is -0.389. The summed E-state index contributed by atoms with van der Waals surface area (Å²) < 4.78 is 33.1. The highest BCUT2D eigenvalue weighted by molar-refractivity contribution is 7.90. The van der Waals surface area contributed by atoms with E-state index in [9.17, 15) is 13.2 Å². The monoisotopic (exact) mass is 345 g/mol. The van der Waals surface area contributed by atoms with Crippen LogP contribution in [0.1, 0.15) is 21.7 Å². The molecule has 24 heavy (non-hydrogen) atoms. The van der Waals surface area contributed by atoms with E-state index >= 15 is 0 Å². The molecule has 0 unspecified atom stereocenters. The number of aryl methyl sites for hydroxylation is 1. The van der Waals surface area contributed by atoms with Crippen molar-refractivity contribution >= 4 is 15.9 Å². The summed E-state index contributed by atoms with van der Waals surface area (Å²) in [5, 5.41) is 4.03. The van der Waals surface area contributed by atoms with Crippen LogP contribution in [0.2, 0.25) is 0 Å². The molecule has 0 bridgehead atoms. The SMILES string of the molecule is Cc1occc1C(=O)NS(=O)(=O)c1cnn(Cc2ccccc2)c1. The van der Waals surface area contributed by atoms with Crippen LogP contribution in [-0.4, -0.2) is 24.1 Å². The van der Waals surface area contributed by atoms with E-state index in [0.717, 1.165) is 5.56 Å². The van der Waals surface area contributed by atoms with Crippen molar-refractivity contribution in [3.8, 4) is 0 Å². The Hall–Kier alpha value is -2.87. The fourth-order valence-electron chi connectivity index (χ4n) is 2.20. The lowest BCUT2D eigenvalue weighted by molar-refractivity contribution is 0.0980. The third-order valence-electron chi connectivity index (χ3n) is 3.44.